The fourth-order valence-electron chi connectivity index (χ4n) is 0. The van der Waals surface area contributed by atoms with Crippen LogP contribution in [0.15, 0.2) is 0 Å². The van der Waals surface area contributed by atoms with Crippen LogP contribution in [-0.4, -0.2) is 43.1 Å². The predicted molar refractivity (Wildman–Crippen MR) is 27.4 cm³/mol. The van der Waals surface area contributed by atoms with E-state index >= 15 is 0 Å². The smallest absolute Gasteiger partial charge is 1.00 e. The van der Waals surface area contributed by atoms with Crippen LogP contribution >= 0.6 is 15.9 Å². The third-order valence-electron chi connectivity index (χ3n) is 0. The summed E-state index contributed by atoms with van der Waals surface area (Å²) in [6, 6.07) is 0. The molecule has 0 radical (unpaired) electrons. The molecule has 0 saturated carbocycles. The summed E-state index contributed by atoms with van der Waals surface area (Å²) in [6.45, 7) is 2.04. The SMILES string of the molecule is CCBr.[Ca+2].[H-].[H-]. The molecule has 0 bridgehead atoms. The first-order valence-electron chi connectivity index (χ1n) is 0.974. The van der Waals surface area contributed by atoms with E-state index < -0.39 is 0 Å². The van der Waals surface area contributed by atoms with Gasteiger partial charge in [0.25, 0.3) is 0 Å². The molecule has 0 amide bonds. The maximum Gasteiger partial charge on any atom is 2.00 e. The average Bonchev–Trinajstić information content (AvgIpc) is 0.918. The van der Waals surface area contributed by atoms with Gasteiger partial charge < -0.3 is 2.85 Å². The van der Waals surface area contributed by atoms with Gasteiger partial charge in [0.2, 0.25) is 0 Å². The Balaban J connectivity index is -0.00000000667. The molecule has 4 heavy (non-hydrogen) atoms. The molecule has 0 aliphatic carbocycles. The number of hydrogen-bond donors (Lipinski definition) is 0. The summed E-state index contributed by atoms with van der Waals surface area (Å²) in [5.41, 5.74) is 0. The first-order valence-corrected chi connectivity index (χ1v) is 2.10. The van der Waals surface area contributed by atoms with E-state index in [-0.39, 0.29) is 40.6 Å². The van der Waals surface area contributed by atoms with Gasteiger partial charge in [-0.2, -0.15) is 0 Å². The largest absolute Gasteiger partial charge is 2.00 e. The van der Waals surface area contributed by atoms with Crippen LogP contribution in [0.1, 0.15) is 9.78 Å². The molecular weight excluding hydrogens is 144 g/mol. The van der Waals surface area contributed by atoms with Crippen LogP contribution in [0.4, 0.5) is 0 Å². The summed E-state index contributed by atoms with van der Waals surface area (Å²) in [7, 11) is 0. The first kappa shape index (κ1) is 9.22. The van der Waals surface area contributed by atoms with Crippen LogP contribution in [0, 0.1) is 0 Å². The van der Waals surface area contributed by atoms with Gasteiger partial charge in [-0.25, -0.2) is 0 Å². The molecule has 0 N–H and O–H groups in total. The minimum atomic E-state index is 0. The second kappa shape index (κ2) is 8.83. The normalized spacial score (nSPS) is 4.50. The Morgan fingerprint density at radius 3 is 2.00 bits per heavy atom. The van der Waals surface area contributed by atoms with Gasteiger partial charge in [-0.1, -0.05) is 22.9 Å². The summed E-state index contributed by atoms with van der Waals surface area (Å²) >= 11 is 3.15. The van der Waals surface area contributed by atoms with Crippen molar-refractivity contribution in [2.75, 3.05) is 5.33 Å². The summed E-state index contributed by atoms with van der Waals surface area (Å²) < 4.78 is 0. The fourth-order valence-corrected chi connectivity index (χ4v) is 0. The summed E-state index contributed by atoms with van der Waals surface area (Å²) in [5.74, 6) is 0. The zero-order chi connectivity index (χ0) is 2.71. The Hall–Kier alpha value is 1.74. The number of hydrogen-bond acceptors (Lipinski definition) is 0. The van der Waals surface area contributed by atoms with Crippen LogP contribution < -0.4 is 0 Å². The monoisotopic (exact) mass is 150 g/mol. The Bertz CT molecular complexity index is 11.5. The standard InChI is InChI=1S/C2H5Br.Ca.2H/c1-2-3;;;/h2H2,1H3;;;/q;+2;2*-1. The van der Waals surface area contributed by atoms with Crippen molar-refractivity contribution in [2.45, 2.75) is 6.92 Å². The van der Waals surface area contributed by atoms with E-state index in [0.29, 0.717) is 0 Å². The minimum Gasteiger partial charge on any atom is -1.00 e. The molecule has 0 unspecified atom stereocenters. The second-order valence-corrected chi connectivity index (χ2v) is 1.39. The van der Waals surface area contributed by atoms with E-state index in [9.17, 15) is 0 Å². The van der Waals surface area contributed by atoms with E-state index in [4.69, 9.17) is 0 Å². The van der Waals surface area contributed by atoms with E-state index in [1.807, 2.05) is 6.92 Å². The molecule has 0 fully saturated rings. The second-order valence-electron chi connectivity index (χ2n) is 0.267. The van der Waals surface area contributed by atoms with E-state index in [1.54, 1.807) is 0 Å². The molecule has 0 nitrogen and oxygen atoms in total. The molecule has 2 heteroatoms. The molecule has 0 aromatic heterocycles. The molecule has 0 heterocycles. The van der Waals surface area contributed by atoms with Crippen molar-refractivity contribution in [3.8, 4) is 0 Å². The maximum absolute atomic E-state index is 3.15. The molecule has 24 valence electrons. The first-order chi connectivity index (χ1) is 1.41. The van der Waals surface area contributed by atoms with Gasteiger partial charge in [-0.3, -0.25) is 0 Å². The van der Waals surface area contributed by atoms with Gasteiger partial charge in [0.05, 0.1) is 0 Å². The molecule has 0 aromatic carbocycles. The van der Waals surface area contributed by atoms with Crippen molar-refractivity contribution in [2.24, 2.45) is 0 Å². The van der Waals surface area contributed by atoms with Crippen LogP contribution in [0.2, 0.25) is 0 Å². The third-order valence-corrected chi connectivity index (χ3v) is 0. The van der Waals surface area contributed by atoms with E-state index in [2.05, 4.69) is 15.9 Å². The molecule has 0 rings (SSSR count). The van der Waals surface area contributed by atoms with Crippen molar-refractivity contribution in [3.63, 3.8) is 0 Å². The topological polar surface area (TPSA) is 0 Å². The number of rotatable bonds is 0. The number of alkyl halides is 1. The van der Waals surface area contributed by atoms with Crippen LogP contribution in [0.3, 0.4) is 0 Å². The Kier molecular flexibility index (Phi) is 20.4. The van der Waals surface area contributed by atoms with Crippen molar-refractivity contribution in [1.82, 2.24) is 0 Å². The Morgan fingerprint density at radius 2 is 2.00 bits per heavy atom. The Labute approximate surface area is 68.1 Å². The minimum absolute atomic E-state index is 0. The zero-order valence-electron chi connectivity index (χ0n) is 4.79. The molecule has 0 spiro atoms. The van der Waals surface area contributed by atoms with Crippen molar-refractivity contribution < 1.29 is 2.85 Å². The van der Waals surface area contributed by atoms with Crippen LogP contribution in [-0.2, 0) is 0 Å². The quantitative estimate of drug-likeness (QED) is 0.361. The van der Waals surface area contributed by atoms with Gasteiger partial charge in [0.15, 0.2) is 0 Å². The summed E-state index contributed by atoms with van der Waals surface area (Å²) in [4.78, 5) is 0. The molecular formula is C2H7BrCa. The molecule has 0 aliphatic rings. The molecule has 0 atom stereocenters. The van der Waals surface area contributed by atoms with Gasteiger partial charge in [0.1, 0.15) is 0 Å². The number of halogens is 1. The van der Waals surface area contributed by atoms with Gasteiger partial charge >= 0.3 is 37.7 Å². The van der Waals surface area contributed by atoms with Crippen molar-refractivity contribution in [3.05, 3.63) is 0 Å². The molecule has 0 aliphatic heterocycles. The predicted octanol–water partition coefficient (Wildman–Crippen LogP) is 1.25. The van der Waals surface area contributed by atoms with Crippen LogP contribution in [0.25, 0.3) is 0 Å². The summed E-state index contributed by atoms with van der Waals surface area (Å²) in [5, 5.41) is 1.06. The van der Waals surface area contributed by atoms with Gasteiger partial charge in [-0.15, -0.1) is 0 Å². The zero-order valence-corrected chi connectivity index (χ0v) is 6.59. The average molecular weight is 151 g/mol. The summed E-state index contributed by atoms with van der Waals surface area (Å²) in [6.07, 6.45) is 0. The molecule has 0 saturated heterocycles. The van der Waals surface area contributed by atoms with Crippen molar-refractivity contribution >= 4 is 53.7 Å². The van der Waals surface area contributed by atoms with Gasteiger partial charge in [-0.05, 0) is 0 Å². The maximum atomic E-state index is 3.15. The fraction of sp³-hybridized carbons (Fsp3) is 1.00. The van der Waals surface area contributed by atoms with Gasteiger partial charge in [0, 0.05) is 5.33 Å². The third kappa shape index (κ3) is 9.27. The van der Waals surface area contributed by atoms with E-state index in [1.165, 1.54) is 0 Å². The van der Waals surface area contributed by atoms with E-state index in [0.717, 1.165) is 5.33 Å². The van der Waals surface area contributed by atoms with Crippen LogP contribution in [0.5, 0.6) is 0 Å². The molecule has 0 aromatic rings. The van der Waals surface area contributed by atoms with Crippen molar-refractivity contribution in [1.29, 1.82) is 0 Å². The Morgan fingerprint density at radius 1 is 2.00 bits per heavy atom.